The van der Waals surface area contributed by atoms with Crippen molar-refractivity contribution >= 4 is 38.3 Å². The molecule has 0 unspecified atom stereocenters. The fourth-order valence-electron chi connectivity index (χ4n) is 3.55. The monoisotopic (exact) mass is 489 g/mol. The van der Waals surface area contributed by atoms with Gasteiger partial charge in [0.1, 0.15) is 17.3 Å². The lowest BCUT2D eigenvalue weighted by atomic mass is 10.1. The second-order valence-corrected chi connectivity index (χ2v) is 9.83. The minimum Gasteiger partial charge on any atom is -0.457 e. The van der Waals surface area contributed by atoms with E-state index in [2.05, 4.69) is 14.7 Å². The van der Waals surface area contributed by atoms with E-state index in [0.29, 0.717) is 22.6 Å². The van der Waals surface area contributed by atoms with Crippen molar-refractivity contribution in [1.29, 1.82) is 0 Å². The van der Waals surface area contributed by atoms with Crippen molar-refractivity contribution in [3.8, 4) is 11.5 Å². The van der Waals surface area contributed by atoms with Gasteiger partial charge < -0.3 is 9.72 Å². The number of sulfonamides is 1. The molecule has 5 aromatic rings. The van der Waals surface area contributed by atoms with Gasteiger partial charge in [-0.1, -0.05) is 48.0 Å². The van der Waals surface area contributed by atoms with Gasteiger partial charge in [-0.2, -0.15) is 0 Å². The molecule has 0 amide bonds. The first-order valence-electron chi connectivity index (χ1n) is 10.5. The smallest absolute Gasteiger partial charge is 0.261 e. The Labute approximate surface area is 202 Å². The Morgan fingerprint density at radius 1 is 0.853 bits per heavy atom. The molecule has 5 rings (SSSR count). The van der Waals surface area contributed by atoms with Crippen LogP contribution in [-0.4, -0.2) is 18.4 Å². The molecule has 1 heterocycles. The lowest BCUT2D eigenvalue weighted by Crippen LogP contribution is -2.12. The average molecular weight is 490 g/mol. The quantitative estimate of drug-likeness (QED) is 0.277. The number of benzene rings is 4. The van der Waals surface area contributed by atoms with E-state index in [1.165, 1.54) is 12.1 Å². The topological polar surface area (TPSA) is 84.1 Å². The lowest BCUT2D eigenvalue weighted by Gasteiger charge is -2.08. The maximum Gasteiger partial charge on any atom is 0.261 e. The van der Waals surface area contributed by atoms with Crippen molar-refractivity contribution in [2.75, 3.05) is 4.72 Å². The minimum atomic E-state index is -3.76. The molecule has 4 aromatic carbocycles. The number of rotatable bonds is 7. The van der Waals surface area contributed by atoms with Crippen LogP contribution < -0.4 is 9.46 Å². The second kappa shape index (κ2) is 9.21. The van der Waals surface area contributed by atoms with Crippen LogP contribution in [0.25, 0.3) is 11.0 Å². The molecule has 170 valence electrons. The van der Waals surface area contributed by atoms with E-state index in [0.717, 1.165) is 28.4 Å². The number of H-pyrrole nitrogens is 1. The summed E-state index contributed by atoms with van der Waals surface area (Å²) in [7, 11) is -3.76. The molecule has 2 N–H and O–H groups in total. The molecule has 0 saturated carbocycles. The summed E-state index contributed by atoms with van der Waals surface area (Å²) in [4.78, 5) is 8.02. The molecule has 1 aromatic heterocycles. The summed E-state index contributed by atoms with van der Waals surface area (Å²) in [6, 6.07) is 28.8. The van der Waals surface area contributed by atoms with E-state index >= 15 is 0 Å². The van der Waals surface area contributed by atoms with E-state index in [1.807, 2.05) is 54.6 Å². The average Bonchev–Trinajstić information content (AvgIpc) is 3.22. The Hall–Kier alpha value is -3.81. The zero-order chi connectivity index (χ0) is 23.5. The van der Waals surface area contributed by atoms with Crippen LogP contribution in [0, 0.1) is 0 Å². The van der Waals surface area contributed by atoms with Crippen molar-refractivity contribution in [2.24, 2.45) is 0 Å². The lowest BCUT2D eigenvalue weighted by molar-refractivity contribution is 0.482. The first-order chi connectivity index (χ1) is 16.4. The molecular formula is C26H20ClN3O3S. The van der Waals surface area contributed by atoms with Crippen molar-refractivity contribution in [3.05, 3.63) is 113 Å². The van der Waals surface area contributed by atoms with E-state index in [-0.39, 0.29) is 4.90 Å². The largest absolute Gasteiger partial charge is 0.457 e. The maximum absolute atomic E-state index is 12.7. The number of imidazole rings is 1. The van der Waals surface area contributed by atoms with Gasteiger partial charge in [0.25, 0.3) is 10.0 Å². The summed E-state index contributed by atoms with van der Waals surface area (Å²) in [5.41, 5.74) is 2.99. The fourth-order valence-corrected chi connectivity index (χ4v) is 4.90. The number of aromatic nitrogens is 2. The summed E-state index contributed by atoms with van der Waals surface area (Å²) in [6.45, 7) is 0. The van der Waals surface area contributed by atoms with Crippen molar-refractivity contribution in [1.82, 2.24) is 9.97 Å². The highest BCUT2D eigenvalue weighted by molar-refractivity contribution is 7.92. The van der Waals surface area contributed by atoms with Crippen LogP contribution in [0.4, 0.5) is 5.69 Å². The standard InChI is InChI=1S/C26H20ClN3O3S/c27-19-5-4-8-23(16-19)34(31,32)30-20-11-14-24-25(17-20)29-26(28-24)15-18-9-12-22(13-10-18)33-21-6-2-1-3-7-21/h1-14,16-17,30H,15H2,(H,28,29). The van der Waals surface area contributed by atoms with Gasteiger partial charge in [0.2, 0.25) is 0 Å². The number of anilines is 1. The summed E-state index contributed by atoms with van der Waals surface area (Å²) in [5, 5.41) is 0.356. The second-order valence-electron chi connectivity index (χ2n) is 7.71. The highest BCUT2D eigenvalue weighted by Gasteiger charge is 2.15. The molecule has 0 aliphatic rings. The normalized spacial score (nSPS) is 11.4. The minimum absolute atomic E-state index is 0.0995. The molecular weight excluding hydrogens is 470 g/mol. The summed E-state index contributed by atoms with van der Waals surface area (Å²) < 4.78 is 33.8. The van der Waals surface area contributed by atoms with Crippen LogP contribution in [0.1, 0.15) is 11.4 Å². The van der Waals surface area contributed by atoms with Crippen LogP contribution in [0.2, 0.25) is 5.02 Å². The van der Waals surface area contributed by atoms with Crippen LogP contribution in [-0.2, 0) is 16.4 Å². The zero-order valence-electron chi connectivity index (χ0n) is 17.9. The first-order valence-corrected chi connectivity index (χ1v) is 12.4. The van der Waals surface area contributed by atoms with Crippen LogP contribution in [0.5, 0.6) is 11.5 Å². The highest BCUT2D eigenvalue weighted by atomic mass is 35.5. The van der Waals surface area contributed by atoms with Gasteiger partial charge in [-0.15, -0.1) is 0 Å². The van der Waals surface area contributed by atoms with Gasteiger partial charge in [0, 0.05) is 11.4 Å². The zero-order valence-corrected chi connectivity index (χ0v) is 19.5. The number of halogens is 1. The molecule has 0 radical (unpaired) electrons. The van der Waals surface area contributed by atoms with E-state index in [4.69, 9.17) is 16.3 Å². The van der Waals surface area contributed by atoms with Gasteiger partial charge in [-0.3, -0.25) is 4.72 Å². The molecule has 0 atom stereocenters. The number of para-hydroxylation sites is 1. The van der Waals surface area contributed by atoms with Crippen molar-refractivity contribution in [3.63, 3.8) is 0 Å². The van der Waals surface area contributed by atoms with Crippen molar-refractivity contribution < 1.29 is 13.2 Å². The number of aromatic amines is 1. The predicted octanol–water partition coefficient (Wildman–Crippen LogP) is 6.40. The molecule has 0 bridgehead atoms. The molecule has 0 fully saturated rings. The number of hydrogen-bond acceptors (Lipinski definition) is 4. The number of nitrogens with zero attached hydrogens (tertiary/aromatic N) is 1. The third-order valence-electron chi connectivity index (χ3n) is 5.16. The number of fused-ring (bicyclic) bond motifs is 1. The molecule has 34 heavy (non-hydrogen) atoms. The summed E-state index contributed by atoms with van der Waals surface area (Å²) in [5.74, 6) is 2.33. The molecule has 8 heteroatoms. The summed E-state index contributed by atoms with van der Waals surface area (Å²) in [6.07, 6.45) is 0.601. The molecule has 0 spiro atoms. The molecule has 6 nitrogen and oxygen atoms in total. The third-order valence-corrected chi connectivity index (χ3v) is 6.78. The van der Waals surface area contributed by atoms with Crippen molar-refractivity contribution in [2.45, 2.75) is 11.3 Å². The third kappa shape index (κ3) is 5.06. The predicted molar refractivity (Wildman–Crippen MR) is 134 cm³/mol. The van der Waals surface area contributed by atoms with Crippen LogP contribution in [0.15, 0.2) is 102 Å². The van der Waals surface area contributed by atoms with E-state index in [1.54, 1.807) is 30.3 Å². The van der Waals surface area contributed by atoms with Crippen LogP contribution in [0.3, 0.4) is 0 Å². The van der Waals surface area contributed by atoms with Gasteiger partial charge >= 0.3 is 0 Å². The van der Waals surface area contributed by atoms with E-state index < -0.39 is 10.0 Å². The summed E-state index contributed by atoms with van der Waals surface area (Å²) >= 11 is 5.93. The molecule has 0 aliphatic heterocycles. The Morgan fingerprint density at radius 3 is 2.38 bits per heavy atom. The number of nitrogens with one attached hydrogen (secondary N) is 2. The molecule has 0 aliphatic carbocycles. The van der Waals surface area contributed by atoms with Crippen LogP contribution >= 0.6 is 11.6 Å². The van der Waals surface area contributed by atoms with Gasteiger partial charge in [0.15, 0.2) is 0 Å². The SMILES string of the molecule is O=S(=O)(Nc1ccc2[nH]c(Cc3ccc(Oc4ccccc4)cc3)nc2c1)c1cccc(Cl)c1. The molecule has 0 saturated heterocycles. The number of hydrogen-bond donors (Lipinski definition) is 2. The Bertz CT molecular complexity index is 1550. The Morgan fingerprint density at radius 2 is 1.62 bits per heavy atom. The van der Waals surface area contributed by atoms with E-state index in [9.17, 15) is 8.42 Å². The highest BCUT2D eigenvalue weighted by Crippen LogP contribution is 2.24. The maximum atomic E-state index is 12.7. The Kier molecular flexibility index (Phi) is 5.96. The first kappa shape index (κ1) is 22.0. The van der Waals surface area contributed by atoms with Gasteiger partial charge in [-0.25, -0.2) is 13.4 Å². The van der Waals surface area contributed by atoms with Gasteiger partial charge in [-0.05, 0) is 66.2 Å². The Balaban J connectivity index is 1.30. The van der Waals surface area contributed by atoms with Gasteiger partial charge in [0.05, 0.1) is 21.6 Å². The fraction of sp³-hybridized carbons (Fsp3) is 0.0385. The number of ether oxygens (including phenoxy) is 1.